The summed E-state index contributed by atoms with van der Waals surface area (Å²) >= 11 is 0. The summed E-state index contributed by atoms with van der Waals surface area (Å²) in [5, 5.41) is 0. The van der Waals surface area contributed by atoms with Crippen LogP contribution in [0.4, 0.5) is 0 Å². The van der Waals surface area contributed by atoms with E-state index in [1.54, 1.807) is 0 Å². The van der Waals surface area contributed by atoms with E-state index >= 15 is 0 Å². The van der Waals surface area contributed by atoms with E-state index in [0.717, 1.165) is 32.4 Å². The normalized spacial score (nSPS) is 33.4. The molecule has 0 spiro atoms. The van der Waals surface area contributed by atoms with Crippen molar-refractivity contribution in [1.29, 1.82) is 0 Å². The van der Waals surface area contributed by atoms with Crippen molar-refractivity contribution in [2.24, 2.45) is 11.7 Å². The topological polar surface area (TPSA) is 46.3 Å². The minimum atomic E-state index is -0.276. The molecule has 1 saturated heterocycles. The molecule has 0 aromatic rings. The van der Waals surface area contributed by atoms with Crippen LogP contribution >= 0.6 is 12.4 Å². The van der Waals surface area contributed by atoms with Crippen molar-refractivity contribution < 1.29 is 4.79 Å². The maximum absolute atomic E-state index is 12.6. The predicted molar refractivity (Wildman–Crippen MR) is 76.8 cm³/mol. The molecule has 0 aromatic heterocycles. The zero-order valence-corrected chi connectivity index (χ0v) is 12.3. The average Bonchev–Trinajstić information content (AvgIpc) is 2.56. The molecule has 4 heteroatoms. The molecule has 2 unspecified atom stereocenters. The van der Waals surface area contributed by atoms with E-state index in [1.165, 1.54) is 32.1 Å². The molecule has 2 aliphatic rings. The predicted octanol–water partition coefficient (Wildman–Crippen LogP) is 2.72. The number of hydrogen-bond acceptors (Lipinski definition) is 2. The lowest BCUT2D eigenvalue weighted by atomic mass is 9.74. The molecule has 3 nitrogen and oxygen atoms in total. The summed E-state index contributed by atoms with van der Waals surface area (Å²) in [5.41, 5.74) is 6.05. The van der Waals surface area contributed by atoms with Gasteiger partial charge in [0.05, 0.1) is 5.92 Å². The van der Waals surface area contributed by atoms with Crippen LogP contribution in [0.2, 0.25) is 0 Å². The van der Waals surface area contributed by atoms with Crippen LogP contribution in [0.15, 0.2) is 0 Å². The molecule has 106 valence electrons. The van der Waals surface area contributed by atoms with Crippen LogP contribution in [-0.4, -0.2) is 29.4 Å². The highest BCUT2D eigenvalue weighted by molar-refractivity contribution is 5.85. The quantitative estimate of drug-likeness (QED) is 0.799. The van der Waals surface area contributed by atoms with Crippen molar-refractivity contribution >= 4 is 18.3 Å². The highest BCUT2D eigenvalue weighted by Gasteiger charge is 2.39. The molecule has 18 heavy (non-hydrogen) atoms. The third-order valence-electron chi connectivity index (χ3n) is 4.47. The smallest absolute Gasteiger partial charge is 0.227 e. The monoisotopic (exact) mass is 274 g/mol. The maximum atomic E-state index is 12.6. The molecular formula is C14H27ClN2O. The van der Waals surface area contributed by atoms with E-state index in [4.69, 9.17) is 5.73 Å². The first-order chi connectivity index (χ1) is 8.11. The summed E-state index contributed by atoms with van der Waals surface area (Å²) in [5.74, 6) is 0.394. The number of nitrogens with two attached hydrogens (primary N) is 1. The zero-order valence-electron chi connectivity index (χ0n) is 11.5. The molecule has 1 heterocycles. The number of hydrogen-bond donors (Lipinski definition) is 1. The number of amides is 1. The second kappa shape index (κ2) is 6.76. The zero-order chi connectivity index (χ0) is 12.3. The van der Waals surface area contributed by atoms with Gasteiger partial charge in [-0.05, 0) is 32.6 Å². The lowest BCUT2D eigenvalue weighted by Gasteiger charge is -2.39. The van der Waals surface area contributed by atoms with Gasteiger partial charge < -0.3 is 10.6 Å². The second-order valence-corrected chi connectivity index (χ2v) is 6.04. The van der Waals surface area contributed by atoms with Crippen molar-refractivity contribution in [3.05, 3.63) is 0 Å². The first kappa shape index (κ1) is 15.8. The van der Waals surface area contributed by atoms with Gasteiger partial charge in [-0.1, -0.05) is 25.7 Å². The molecule has 2 fully saturated rings. The molecule has 1 aliphatic heterocycles. The maximum Gasteiger partial charge on any atom is 0.227 e. The molecule has 1 amide bonds. The fourth-order valence-electron chi connectivity index (χ4n) is 3.28. The van der Waals surface area contributed by atoms with Gasteiger partial charge in [0.1, 0.15) is 0 Å². The average molecular weight is 275 g/mol. The summed E-state index contributed by atoms with van der Waals surface area (Å²) in [6, 6.07) is 0. The molecule has 0 bridgehead atoms. The Morgan fingerprint density at radius 3 is 2.28 bits per heavy atom. The van der Waals surface area contributed by atoms with Crippen LogP contribution in [0.25, 0.3) is 0 Å². The minimum Gasteiger partial charge on any atom is -0.342 e. The van der Waals surface area contributed by atoms with Crippen molar-refractivity contribution in [2.45, 2.75) is 63.8 Å². The van der Waals surface area contributed by atoms with Gasteiger partial charge in [-0.25, -0.2) is 0 Å². The number of carbonyl (C=O) groups excluding carboxylic acids is 1. The van der Waals surface area contributed by atoms with Crippen molar-refractivity contribution in [2.75, 3.05) is 13.1 Å². The molecule has 0 radical (unpaired) electrons. The first-order valence-electron chi connectivity index (χ1n) is 7.19. The van der Waals surface area contributed by atoms with Crippen LogP contribution in [0.1, 0.15) is 58.3 Å². The highest BCUT2D eigenvalue weighted by atomic mass is 35.5. The van der Waals surface area contributed by atoms with Crippen molar-refractivity contribution in [3.63, 3.8) is 0 Å². The Bertz CT molecular complexity index is 273. The van der Waals surface area contributed by atoms with Crippen LogP contribution in [0.5, 0.6) is 0 Å². The van der Waals surface area contributed by atoms with E-state index in [-0.39, 0.29) is 23.9 Å². The number of rotatable bonds is 1. The Balaban J connectivity index is 0.00000162. The molecular weight excluding hydrogens is 248 g/mol. The highest BCUT2D eigenvalue weighted by Crippen LogP contribution is 2.33. The van der Waals surface area contributed by atoms with Crippen LogP contribution in [0, 0.1) is 5.92 Å². The van der Waals surface area contributed by atoms with Crippen LogP contribution in [0.3, 0.4) is 0 Å². The molecule has 2 rings (SSSR count). The van der Waals surface area contributed by atoms with E-state index in [1.807, 2.05) is 0 Å². The Morgan fingerprint density at radius 2 is 1.72 bits per heavy atom. The largest absolute Gasteiger partial charge is 0.342 e. The van der Waals surface area contributed by atoms with Gasteiger partial charge in [0, 0.05) is 18.6 Å². The van der Waals surface area contributed by atoms with E-state index in [2.05, 4.69) is 11.8 Å². The van der Waals surface area contributed by atoms with Gasteiger partial charge >= 0.3 is 0 Å². The Hall–Kier alpha value is -0.280. The summed E-state index contributed by atoms with van der Waals surface area (Å²) in [6.07, 6.45) is 9.20. The van der Waals surface area contributed by atoms with Gasteiger partial charge in [0.25, 0.3) is 0 Å². The van der Waals surface area contributed by atoms with Gasteiger partial charge in [-0.2, -0.15) is 0 Å². The molecule has 1 aliphatic carbocycles. The second-order valence-electron chi connectivity index (χ2n) is 6.04. The number of carbonyl (C=O) groups is 1. The summed E-state index contributed by atoms with van der Waals surface area (Å²) in [7, 11) is 0. The van der Waals surface area contributed by atoms with Gasteiger partial charge in [0.15, 0.2) is 0 Å². The van der Waals surface area contributed by atoms with Crippen molar-refractivity contribution in [1.82, 2.24) is 4.90 Å². The van der Waals surface area contributed by atoms with Gasteiger partial charge in [-0.3, -0.25) is 4.79 Å². The van der Waals surface area contributed by atoms with E-state index in [0.29, 0.717) is 5.91 Å². The fraction of sp³-hybridized carbons (Fsp3) is 0.929. The summed E-state index contributed by atoms with van der Waals surface area (Å²) in [4.78, 5) is 14.6. The number of likely N-dealkylation sites (tertiary alicyclic amines) is 1. The summed E-state index contributed by atoms with van der Waals surface area (Å²) in [6.45, 7) is 3.96. The fourth-order valence-corrected chi connectivity index (χ4v) is 3.28. The lowest BCUT2D eigenvalue weighted by Crippen LogP contribution is -2.53. The Labute approximate surface area is 117 Å². The number of nitrogens with zero attached hydrogens (tertiary/aromatic N) is 1. The van der Waals surface area contributed by atoms with Crippen molar-refractivity contribution in [3.8, 4) is 0 Å². The summed E-state index contributed by atoms with van der Waals surface area (Å²) < 4.78 is 0. The lowest BCUT2D eigenvalue weighted by molar-refractivity contribution is -0.138. The van der Waals surface area contributed by atoms with Gasteiger partial charge in [0.2, 0.25) is 5.91 Å². The van der Waals surface area contributed by atoms with Gasteiger partial charge in [-0.15, -0.1) is 12.4 Å². The SMILES string of the molecule is CC1(N)CCCCC1C(=O)N1CCCCCC1.Cl. The first-order valence-corrected chi connectivity index (χ1v) is 7.19. The Morgan fingerprint density at radius 1 is 1.11 bits per heavy atom. The van der Waals surface area contributed by atoms with E-state index in [9.17, 15) is 4.79 Å². The Kier molecular flexibility index (Phi) is 5.93. The molecule has 2 N–H and O–H groups in total. The third kappa shape index (κ3) is 3.61. The van der Waals surface area contributed by atoms with Crippen LogP contribution in [-0.2, 0) is 4.79 Å². The minimum absolute atomic E-state index is 0. The molecule has 0 aromatic carbocycles. The standard InChI is InChI=1S/C14H26N2O.ClH/c1-14(15)9-5-4-8-12(14)13(17)16-10-6-2-3-7-11-16;/h12H,2-11,15H2,1H3;1H. The molecule has 1 saturated carbocycles. The van der Waals surface area contributed by atoms with Crippen LogP contribution < -0.4 is 5.73 Å². The number of halogens is 1. The third-order valence-corrected chi connectivity index (χ3v) is 4.47. The van der Waals surface area contributed by atoms with E-state index < -0.39 is 0 Å². The molecule has 2 atom stereocenters.